The van der Waals surface area contributed by atoms with Crippen LogP contribution in [0.1, 0.15) is 108 Å². The summed E-state index contributed by atoms with van der Waals surface area (Å²) in [5.74, 6) is 1.13. The van der Waals surface area contributed by atoms with E-state index in [1.165, 1.54) is 101 Å². The van der Waals surface area contributed by atoms with Crippen LogP contribution < -0.4 is 5.73 Å². The second-order valence-corrected chi connectivity index (χ2v) is 12.4. The number of carboxylic acids is 1. The number of hydrogen-bond donors (Lipinski definition) is 2. The van der Waals surface area contributed by atoms with Gasteiger partial charge in [-0.25, -0.2) is 4.79 Å². The molecule has 1 aromatic heterocycles. The number of aliphatic carboxylic acids is 1. The summed E-state index contributed by atoms with van der Waals surface area (Å²) in [5, 5.41) is 11.6. The van der Waals surface area contributed by atoms with E-state index in [-0.39, 0.29) is 5.37 Å². The number of nitrogens with zero attached hydrogens (tertiary/aromatic N) is 1. The number of rotatable bonds is 16. The summed E-state index contributed by atoms with van der Waals surface area (Å²) in [7, 11) is 0. The maximum atomic E-state index is 11.7. The molecule has 0 spiro atoms. The van der Waals surface area contributed by atoms with Crippen molar-refractivity contribution in [1.82, 2.24) is 4.90 Å². The second-order valence-electron chi connectivity index (χ2n) is 10.2. The van der Waals surface area contributed by atoms with Crippen LogP contribution in [0, 0.1) is 5.92 Å². The highest BCUT2D eigenvalue weighted by Gasteiger charge is 2.27. The topological polar surface area (TPSA) is 66.6 Å². The number of thioether (sulfide) groups is 1. The maximum Gasteiger partial charge on any atom is 0.334 e. The third kappa shape index (κ3) is 12.8. The van der Waals surface area contributed by atoms with Crippen molar-refractivity contribution in [2.45, 2.75) is 115 Å². The van der Waals surface area contributed by atoms with Crippen LogP contribution in [0.5, 0.6) is 0 Å². The molecular formula is C30H50N2O2S2. The zero-order valence-corrected chi connectivity index (χ0v) is 24.2. The quantitative estimate of drug-likeness (QED) is 0.208. The van der Waals surface area contributed by atoms with E-state index in [1.54, 1.807) is 29.2 Å². The average molecular weight is 535 g/mol. The van der Waals surface area contributed by atoms with Crippen molar-refractivity contribution in [1.29, 1.82) is 0 Å². The summed E-state index contributed by atoms with van der Waals surface area (Å²) in [6.07, 6.45) is 26.1. The van der Waals surface area contributed by atoms with Crippen molar-refractivity contribution in [3.05, 3.63) is 46.3 Å². The lowest BCUT2D eigenvalue weighted by molar-refractivity contribution is -0.133. The number of thiophene rings is 1. The predicted molar refractivity (Wildman–Crippen MR) is 158 cm³/mol. The molecule has 3 rings (SSSR count). The van der Waals surface area contributed by atoms with Crippen LogP contribution in [0.4, 0.5) is 0 Å². The number of nitrogens with two attached hydrogens (primary N) is 1. The van der Waals surface area contributed by atoms with Gasteiger partial charge in [0.25, 0.3) is 0 Å². The maximum absolute atomic E-state index is 11.7. The van der Waals surface area contributed by atoms with Crippen LogP contribution in [0.15, 0.2) is 41.4 Å². The molecule has 1 atom stereocenters. The van der Waals surface area contributed by atoms with Gasteiger partial charge in [0.1, 0.15) is 5.37 Å². The van der Waals surface area contributed by atoms with Crippen LogP contribution >= 0.6 is 23.1 Å². The second kappa shape index (κ2) is 19.8. The van der Waals surface area contributed by atoms with E-state index in [2.05, 4.69) is 23.3 Å². The van der Waals surface area contributed by atoms with Crippen LogP contribution in [0.25, 0.3) is 0 Å². The van der Waals surface area contributed by atoms with Gasteiger partial charge in [-0.05, 0) is 61.1 Å². The molecule has 0 radical (unpaired) electrons. The van der Waals surface area contributed by atoms with Crippen molar-refractivity contribution in [3.8, 4) is 0 Å². The first kappa shape index (κ1) is 31.0. The van der Waals surface area contributed by atoms with Crippen molar-refractivity contribution in [2.75, 3.05) is 12.3 Å². The van der Waals surface area contributed by atoms with Crippen LogP contribution in [0.2, 0.25) is 0 Å². The van der Waals surface area contributed by atoms with E-state index < -0.39 is 5.97 Å². The van der Waals surface area contributed by atoms with Gasteiger partial charge >= 0.3 is 5.97 Å². The largest absolute Gasteiger partial charge is 0.478 e. The van der Waals surface area contributed by atoms with Gasteiger partial charge in [0.15, 0.2) is 0 Å². The molecule has 4 nitrogen and oxygen atoms in total. The Labute approximate surface area is 228 Å². The molecule has 2 heterocycles. The van der Waals surface area contributed by atoms with Crippen LogP contribution in [-0.2, 0) is 11.3 Å². The molecule has 1 unspecified atom stereocenters. The van der Waals surface area contributed by atoms with Crippen molar-refractivity contribution < 1.29 is 9.90 Å². The molecule has 1 fully saturated rings. The molecule has 0 saturated heterocycles. The fourth-order valence-corrected chi connectivity index (χ4v) is 6.96. The van der Waals surface area contributed by atoms with Crippen LogP contribution in [0.3, 0.4) is 0 Å². The van der Waals surface area contributed by atoms with Gasteiger partial charge < -0.3 is 15.7 Å². The minimum absolute atomic E-state index is 0.0871. The van der Waals surface area contributed by atoms with Gasteiger partial charge in [0.2, 0.25) is 0 Å². The van der Waals surface area contributed by atoms with E-state index in [4.69, 9.17) is 5.73 Å². The molecule has 204 valence electrons. The lowest BCUT2D eigenvalue weighted by Gasteiger charge is -2.32. The van der Waals surface area contributed by atoms with Gasteiger partial charge in [0, 0.05) is 11.1 Å². The molecule has 1 aliphatic heterocycles. The van der Waals surface area contributed by atoms with Crippen molar-refractivity contribution in [3.63, 3.8) is 0 Å². The first-order valence-electron chi connectivity index (χ1n) is 14.4. The Kier molecular flexibility index (Phi) is 17.1. The fourth-order valence-electron chi connectivity index (χ4n) is 5.00. The molecule has 1 aromatic rings. The summed E-state index contributed by atoms with van der Waals surface area (Å²) >= 11 is 3.51. The van der Waals surface area contributed by atoms with Gasteiger partial charge in [-0.2, -0.15) is 0 Å². The molecule has 1 aliphatic carbocycles. The minimum atomic E-state index is -0.801. The summed E-state index contributed by atoms with van der Waals surface area (Å²) in [4.78, 5) is 15.1. The van der Waals surface area contributed by atoms with E-state index in [1.807, 2.05) is 18.3 Å². The third-order valence-corrected chi connectivity index (χ3v) is 9.33. The molecule has 0 amide bonds. The predicted octanol–water partition coefficient (Wildman–Crippen LogP) is 8.59. The van der Waals surface area contributed by atoms with Crippen molar-refractivity contribution in [2.24, 2.45) is 11.7 Å². The molecule has 6 heteroatoms. The monoisotopic (exact) mass is 534 g/mol. The number of allylic oxidation sites excluding steroid dienone is 2. The molecule has 0 bridgehead atoms. The Bertz CT molecular complexity index is 734. The highest BCUT2D eigenvalue weighted by atomic mass is 32.2. The van der Waals surface area contributed by atoms with E-state index in [0.717, 1.165) is 24.8 Å². The van der Waals surface area contributed by atoms with Gasteiger partial charge in [-0.1, -0.05) is 90.0 Å². The minimum Gasteiger partial charge on any atom is -0.478 e. The molecule has 3 N–H and O–H groups in total. The summed E-state index contributed by atoms with van der Waals surface area (Å²) in [6, 6.07) is 4.16. The Morgan fingerprint density at radius 1 is 1.08 bits per heavy atom. The lowest BCUT2D eigenvalue weighted by Crippen LogP contribution is -2.34. The van der Waals surface area contributed by atoms with E-state index in [0.29, 0.717) is 5.57 Å². The number of carboxylic acid groups (broad SMARTS) is 1. The highest BCUT2D eigenvalue weighted by Crippen LogP contribution is 2.32. The summed E-state index contributed by atoms with van der Waals surface area (Å²) < 4.78 is 0. The molecule has 0 aromatic carbocycles. The lowest BCUT2D eigenvalue weighted by atomic mass is 9.86. The first-order chi connectivity index (χ1) is 17.7. The normalized spacial score (nSPS) is 18.0. The highest BCUT2D eigenvalue weighted by molar-refractivity contribution is 8.00. The SMILES string of the molecule is CCCCCCCCCCN.O=C(O)C1=CC=CN(Cc2cccs2)C1SCCCC1CCCCC1. The third-order valence-electron chi connectivity index (χ3n) is 7.10. The molecule has 1 saturated carbocycles. The standard InChI is InChI=1S/C20H27NO2S2.C10H23N/c22-20(23)18-11-4-12-21(15-17-10-6-13-24-17)19(18)25-14-5-9-16-7-2-1-3-8-16;1-2-3-4-5-6-7-8-9-10-11/h4,6,10-13,16,19H,1-3,5,7-9,14-15H2,(H,22,23);2-11H2,1H3. The summed E-state index contributed by atoms with van der Waals surface area (Å²) in [5.41, 5.74) is 5.89. The molecule has 2 aliphatic rings. The van der Waals surface area contributed by atoms with Gasteiger partial charge in [0.05, 0.1) is 12.1 Å². The molecular weight excluding hydrogens is 484 g/mol. The zero-order chi connectivity index (χ0) is 25.8. The Morgan fingerprint density at radius 3 is 2.44 bits per heavy atom. The number of carbonyl (C=O) groups is 1. The van der Waals surface area contributed by atoms with Gasteiger partial charge in [-0.3, -0.25) is 0 Å². The van der Waals surface area contributed by atoms with Crippen molar-refractivity contribution >= 4 is 29.1 Å². The number of unbranched alkanes of at least 4 members (excludes halogenated alkanes) is 7. The first-order valence-corrected chi connectivity index (χ1v) is 16.3. The van der Waals surface area contributed by atoms with E-state index >= 15 is 0 Å². The fraction of sp³-hybridized carbons (Fsp3) is 0.700. The summed E-state index contributed by atoms with van der Waals surface area (Å²) in [6.45, 7) is 3.91. The number of hydrogen-bond acceptors (Lipinski definition) is 5. The van der Waals surface area contributed by atoms with E-state index in [9.17, 15) is 9.90 Å². The average Bonchev–Trinajstić information content (AvgIpc) is 3.41. The van der Waals surface area contributed by atoms with Gasteiger partial charge in [-0.15, -0.1) is 23.1 Å². The molecule has 36 heavy (non-hydrogen) atoms. The Morgan fingerprint density at radius 2 is 1.81 bits per heavy atom. The Balaban J connectivity index is 0.000000352. The van der Waals surface area contributed by atoms with Crippen LogP contribution in [-0.4, -0.2) is 33.6 Å². The zero-order valence-electron chi connectivity index (χ0n) is 22.5. The smallest absolute Gasteiger partial charge is 0.334 e. The Hall–Kier alpha value is -1.24.